The molecule has 0 amide bonds. The predicted octanol–water partition coefficient (Wildman–Crippen LogP) is 3.57. The summed E-state index contributed by atoms with van der Waals surface area (Å²) in [7, 11) is 1.63. The average Bonchev–Trinajstić information content (AvgIpc) is 2.34. The van der Waals surface area contributed by atoms with Gasteiger partial charge < -0.3 is 9.47 Å². The number of ketones is 1. The molecule has 0 radical (unpaired) electrons. The molecule has 0 heterocycles. The van der Waals surface area contributed by atoms with E-state index in [0.717, 1.165) is 16.9 Å². The molecule has 3 nitrogen and oxygen atoms in total. The Kier molecular flexibility index (Phi) is 5.75. The lowest BCUT2D eigenvalue weighted by Crippen LogP contribution is -2.38. The van der Waals surface area contributed by atoms with Crippen LogP contribution in [0, 0.1) is 12.3 Å². The molecule has 1 aromatic rings. The van der Waals surface area contributed by atoms with Gasteiger partial charge in [-0.2, -0.15) is 0 Å². The Morgan fingerprint density at radius 1 is 1.30 bits per heavy atom. The van der Waals surface area contributed by atoms with Crippen molar-refractivity contribution in [2.24, 2.45) is 5.41 Å². The minimum atomic E-state index is -0.391. The van der Waals surface area contributed by atoms with E-state index in [9.17, 15) is 4.79 Å². The number of hydrogen-bond acceptors (Lipinski definition) is 3. The molecule has 1 aromatic carbocycles. The van der Waals surface area contributed by atoms with Crippen LogP contribution in [-0.2, 0) is 16.0 Å². The van der Waals surface area contributed by atoms with E-state index in [4.69, 9.17) is 9.47 Å². The van der Waals surface area contributed by atoms with Crippen molar-refractivity contribution in [1.29, 1.82) is 0 Å². The van der Waals surface area contributed by atoms with Crippen molar-refractivity contribution in [3.8, 4) is 5.75 Å². The maximum atomic E-state index is 12.5. The Balaban J connectivity index is 2.96. The molecule has 112 valence electrons. The van der Waals surface area contributed by atoms with Gasteiger partial charge in [0.1, 0.15) is 11.9 Å². The zero-order valence-electron chi connectivity index (χ0n) is 13.4. The summed E-state index contributed by atoms with van der Waals surface area (Å²) in [6, 6.07) is 5.89. The predicted molar refractivity (Wildman–Crippen MR) is 81.3 cm³/mol. The smallest absolute Gasteiger partial charge is 0.166 e. The average molecular weight is 278 g/mol. The molecule has 1 unspecified atom stereocenters. The van der Waals surface area contributed by atoms with Gasteiger partial charge in [-0.15, -0.1) is 0 Å². The van der Waals surface area contributed by atoms with Gasteiger partial charge in [0, 0.05) is 18.6 Å². The molecular weight excluding hydrogens is 252 g/mol. The SMILES string of the molecule is CCOC(C(=O)Cc1cc(C)ccc1OC)C(C)(C)C. The number of ether oxygens (including phenoxy) is 2. The number of methoxy groups -OCH3 is 1. The highest BCUT2D eigenvalue weighted by Crippen LogP contribution is 2.27. The Bertz CT molecular complexity index is 458. The number of carbonyl (C=O) groups excluding carboxylic acids is 1. The van der Waals surface area contributed by atoms with Crippen LogP contribution < -0.4 is 4.74 Å². The lowest BCUT2D eigenvalue weighted by atomic mass is 9.84. The molecular formula is C17H26O3. The van der Waals surface area contributed by atoms with Crippen LogP contribution in [0.15, 0.2) is 18.2 Å². The van der Waals surface area contributed by atoms with E-state index in [1.54, 1.807) is 7.11 Å². The second kappa shape index (κ2) is 6.89. The van der Waals surface area contributed by atoms with Gasteiger partial charge in [-0.1, -0.05) is 38.5 Å². The molecule has 0 aromatic heterocycles. The monoisotopic (exact) mass is 278 g/mol. The van der Waals surface area contributed by atoms with Gasteiger partial charge in [-0.3, -0.25) is 4.79 Å². The second-order valence-corrected chi connectivity index (χ2v) is 6.16. The molecule has 0 aliphatic rings. The summed E-state index contributed by atoms with van der Waals surface area (Å²) in [5, 5.41) is 0. The van der Waals surface area contributed by atoms with Crippen molar-refractivity contribution in [2.75, 3.05) is 13.7 Å². The van der Waals surface area contributed by atoms with Crippen molar-refractivity contribution in [2.45, 2.75) is 47.1 Å². The highest BCUT2D eigenvalue weighted by atomic mass is 16.5. The van der Waals surface area contributed by atoms with Crippen LogP contribution in [0.2, 0.25) is 0 Å². The first-order chi connectivity index (χ1) is 9.29. The first kappa shape index (κ1) is 16.7. The molecule has 1 rings (SSSR count). The Labute approximate surface area is 122 Å². The quantitative estimate of drug-likeness (QED) is 0.798. The first-order valence-corrected chi connectivity index (χ1v) is 7.07. The van der Waals surface area contributed by atoms with Crippen LogP contribution in [0.3, 0.4) is 0 Å². The third kappa shape index (κ3) is 4.34. The molecule has 0 aliphatic heterocycles. The van der Waals surface area contributed by atoms with Gasteiger partial charge in [-0.25, -0.2) is 0 Å². The molecule has 0 fully saturated rings. The van der Waals surface area contributed by atoms with Gasteiger partial charge in [0.2, 0.25) is 0 Å². The van der Waals surface area contributed by atoms with E-state index in [1.165, 1.54) is 0 Å². The molecule has 0 N–H and O–H groups in total. The third-order valence-electron chi connectivity index (χ3n) is 3.21. The summed E-state index contributed by atoms with van der Waals surface area (Å²) < 4.78 is 11.0. The van der Waals surface area contributed by atoms with E-state index in [-0.39, 0.29) is 11.2 Å². The molecule has 1 atom stereocenters. The Hall–Kier alpha value is -1.35. The van der Waals surface area contributed by atoms with E-state index in [1.807, 2.05) is 52.8 Å². The maximum Gasteiger partial charge on any atom is 0.166 e. The highest BCUT2D eigenvalue weighted by molar-refractivity contribution is 5.86. The first-order valence-electron chi connectivity index (χ1n) is 7.07. The molecule has 0 bridgehead atoms. The van der Waals surface area contributed by atoms with Crippen molar-refractivity contribution in [1.82, 2.24) is 0 Å². The van der Waals surface area contributed by atoms with Crippen LogP contribution in [-0.4, -0.2) is 25.6 Å². The van der Waals surface area contributed by atoms with Crippen molar-refractivity contribution in [3.63, 3.8) is 0 Å². The number of Topliss-reactive ketones (excluding diaryl/α,β-unsaturated/α-hetero) is 1. The fourth-order valence-electron chi connectivity index (χ4n) is 2.32. The molecule has 0 saturated heterocycles. The summed E-state index contributed by atoms with van der Waals surface area (Å²) in [6.45, 7) is 10.5. The van der Waals surface area contributed by atoms with Crippen LogP contribution >= 0.6 is 0 Å². The fourth-order valence-corrected chi connectivity index (χ4v) is 2.32. The van der Waals surface area contributed by atoms with E-state index >= 15 is 0 Å². The summed E-state index contributed by atoms with van der Waals surface area (Å²) in [6.07, 6.45) is -0.0509. The lowest BCUT2D eigenvalue weighted by molar-refractivity contribution is -0.136. The summed E-state index contributed by atoms with van der Waals surface area (Å²) in [4.78, 5) is 12.5. The van der Waals surface area contributed by atoms with Gasteiger partial charge in [0.15, 0.2) is 5.78 Å². The minimum absolute atomic E-state index is 0.100. The molecule has 0 aliphatic carbocycles. The zero-order chi connectivity index (χ0) is 15.3. The van der Waals surface area contributed by atoms with Crippen molar-refractivity contribution < 1.29 is 14.3 Å². The van der Waals surface area contributed by atoms with Crippen LogP contribution in [0.1, 0.15) is 38.8 Å². The third-order valence-corrected chi connectivity index (χ3v) is 3.21. The summed E-state index contributed by atoms with van der Waals surface area (Å²) >= 11 is 0. The Morgan fingerprint density at radius 2 is 1.95 bits per heavy atom. The molecule has 3 heteroatoms. The van der Waals surface area contributed by atoms with Gasteiger partial charge in [0.25, 0.3) is 0 Å². The van der Waals surface area contributed by atoms with Crippen LogP contribution in [0.25, 0.3) is 0 Å². The number of carbonyl (C=O) groups is 1. The molecule has 20 heavy (non-hydrogen) atoms. The van der Waals surface area contributed by atoms with E-state index in [2.05, 4.69) is 0 Å². The number of benzene rings is 1. The van der Waals surface area contributed by atoms with E-state index < -0.39 is 6.10 Å². The summed E-state index contributed by atoms with van der Waals surface area (Å²) in [5.41, 5.74) is 1.84. The standard InChI is InChI=1S/C17H26O3/c1-7-20-16(17(3,4)5)14(18)11-13-10-12(2)8-9-15(13)19-6/h8-10,16H,7,11H2,1-6H3. The second-order valence-electron chi connectivity index (χ2n) is 6.16. The van der Waals surface area contributed by atoms with Crippen LogP contribution in [0.5, 0.6) is 5.75 Å². The topological polar surface area (TPSA) is 35.5 Å². The minimum Gasteiger partial charge on any atom is -0.496 e. The van der Waals surface area contributed by atoms with Crippen LogP contribution in [0.4, 0.5) is 0 Å². The number of hydrogen-bond donors (Lipinski definition) is 0. The van der Waals surface area contributed by atoms with E-state index in [0.29, 0.717) is 13.0 Å². The Morgan fingerprint density at radius 3 is 2.45 bits per heavy atom. The van der Waals surface area contributed by atoms with Gasteiger partial charge in [-0.05, 0) is 25.3 Å². The highest BCUT2D eigenvalue weighted by Gasteiger charge is 2.32. The fraction of sp³-hybridized carbons (Fsp3) is 0.588. The maximum absolute atomic E-state index is 12.5. The van der Waals surface area contributed by atoms with Gasteiger partial charge in [0.05, 0.1) is 7.11 Å². The molecule has 0 spiro atoms. The number of aryl methyl sites for hydroxylation is 1. The largest absolute Gasteiger partial charge is 0.496 e. The van der Waals surface area contributed by atoms with Crippen molar-refractivity contribution >= 4 is 5.78 Å². The zero-order valence-corrected chi connectivity index (χ0v) is 13.4. The number of rotatable bonds is 6. The summed E-state index contributed by atoms with van der Waals surface area (Å²) in [5.74, 6) is 0.858. The lowest BCUT2D eigenvalue weighted by Gasteiger charge is -2.29. The van der Waals surface area contributed by atoms with Crippen molar-refractivity contribution in [3.05, 3.63) is 29.3 Å². The molecule has 0 saturated carbocycles. The normalized spacial score (nSPS) is 13.1. The van der Waals surface area contributed by atoms with Gasteiger partial charge >= 0.3 is 0 Å².